The van der Waals surface area contributed by atoms with Gasteiger partial charge in [0.25, 0.3) is 5.56 Å². The number of H-pyrrole nitrogens is 1. The Morgan fingerprint density at radius 2 is 2.21 bits per heavy atom. The predicted molar refractivity (Wildman–Crippen MR) is 64.6 cm³/mol. The van der Waals surface area contributed by atoms with Crippen molar-refractivity contribution < 1.29 is 17.1 Å². The average Bonchev–Trinajstić information content (AvgIpc) is 2.54. The number of amides is 1. The van der Waals surface area contributed by atoms with Gasteiger partial charge in [-0.25, -0.2) is 0 Å². The van der Waals surface area contributed by atoms with Gasteiger partial charge in [-0.05, 0) is 0 Å². The fourth-order valence-electron chi connectivity index (χ4n) is 2.00. The third-order valence-corrected chi connectivity index (χ3v) is 3.53. The Bertz CT molecular complexity index is 671. The Morgan fingerprint density at radius 3 is 2.79 bits per heavy atom. The highest BCUT2D eigenvalue weighted by atomic mass is 32.3. The number of rotatable bonds is 3. The number of nitrogens with zero attached hydrogens (tertiary/aromatic N) is 2. The van der Waals surface area contributed by atoms with Gasteiger partial charge < -0.3 is 5.73 Å². The van der Waals surface area contributed by atoms with Gasteiger partial charge in [0.1, 0.15) is 5.82 Å². The maximum absolute atomic E-state index is 12.6. The average molecular weight is 290 g/mol. The lowest BCUT2D eigenvalue weighted by Crippen LogP contribution is -2.28. The van der Waals surface area contributed by atoms with E-state index in [4.69, 9.17) is 5.73 Å². The van der Waals surface area contributed by atoms with E-state index in [-0.39, 0.29) is 24.7 Å². The normalized spacial score (nSPS) is 19.9. The molecule has 10 heteroatoms. The zero-order chi connectivity index (χ0) is 14.2. The van der Waals surface area contributed by atoms with Crippen molar-refractivity contribution in [1.29, 1.82) is 0 Å². The van der Waals surface area contributed by atoms with E-state index < -0.39 is 33.4 Å². The maximum atomic E-state index is 12.6. The summed E-state index contributed by atoms with van der Waals surface area (Å²) in [5.74, 6) is -1.94. The fourth-order valence-corrected chi connectivity index (χ4v) is 2.78. The summed E-state index contributed by atoms with van der Waals surface area (Å²) in [6, 6.07) is 1.07. The molecule has 1 amide bonds. The molecule has 0 spiro atoms. The molecule has 1 aromatic rings. The number of aromatic nitrogens is 2. The van der Waals surface area contributed by atoms with Gasteiger partial charge in [0, 0.05) is 24.9 Å². The predicted octanol–water partition coefficient (Wildman–Crippen LogP) is -0.996. The summed E-state index contributed by atoms with van der Waals surface area (Å²) in [4.78, 5) is 30.0. The van der Waals surface area contributed by atoms with Crippen LogP contribution in [0.4, 0.5) is 15.7 Å². The Kier molecular flexibility index (Phi) is 3.27. The largest absolute Gasteiger partial charge is 0.369 e. The van der Waals surface area contributed by atoms with Crippen LogP contribution < -0.4 is 16.2 Å². The molecule has 0 aromatic carbocycles. The first kappa shape index (κ1) is 13.5. The number of nitrogens with two attached hydrogens (primary N) is 1. The molecule has 19 heavy (non-hydrogen) atoms. The van der Waals surface area contributed by atoms with E-state index in [1.807, 2.05) is 0 Å². The van der Waals surface area contributed by atoms with Crippen LogP contribution in [0.25, 0.3) is 0 Å². The second-order valence-electron chi connectivity index (χ2n) is 4.27. The second-order valence-corrected chi connectivity index (χ2v) is 5.68. The number of halogens is 1. The molecule has 1 saturated heterocycles. The third kappa shape index (κ3) is 3.28. The number of nitrogen functional groups attached to an aromatic ring is 1. The van der Waals surface area contributed by atoms with E-state index in [1.54, 1.807) is 0 Å². The van der Waals surface area contributed by atoms with E-state index in [9.17, 15) is 21.9 Å². The van der Waals surface area contributed by atoms with E-state index in [0.29, 0.717) is 0 Å². The lowest BCUT2D eigenvalue weighted by atomic mass is 10.1. The highest BCUT2D eigenvalue weighted by molar-refractivity contribution is 7.86. The second kappa shape index (κ2) is 4.61. The molecule has 104 valence electrons. The van der Waals surface area contributed by atoms with Gasteiger partial charge in [-0.3, -0.25) is 19.5 Å². The molecule has 1 unspecified atom stereocenters. The number of anilines is 2. The number of aromatic amines is 1. The van der Waals surface area contributed by atoms with Crippen LogP contribution in [0.15, 0.2) is 10.9 Å². The Morgan fingerprint density at radius 1 is 1.53 bits per heavy atom. The van der Waals surface area contributed by atoms with Gasteiger partial charge in [0.2, 0.25) is 11.9 Å². The van der Waals surface area contributed by atoms with Crippen LogP contribution in [-0.2, 0) is 15.0 Å². The van der Waals surface area contributed by atoms with Gasteiger partial charge >= 0.3 is 10.2 Å². The first-order chi connectivity index (χ1) is 8.74. The molecule has 1 aliphatic heterocycles. The van der Waals surface area contributed by atoms with E-state index >= 15 is 0 Å². The number of hydrogen-bond acceptors (Lipinski definition) is 6. The topological polar surface area (TPSA) is 126 Å². The van der Waals surface area contributed by atoms with Gasteiger partial charge in [-0.1, -0.05) is 0 Å². The molecule has 2 heterocycles. The van der Waals surface area contributed by atoms with Crippen LogP contribution in [0, 0.1) is 5.92 Å². The monoisotopic (exact) mass is 290 g/mol. The van der Waals surface area contributed by atoms with Crippen molar-refractivity contribution in [2.75, 3.05) is 22.9 Å². The fraction of sp³-hybridized carbons (Fsp3) is 0.444. The maximum Gasteiger partial charge on any atom is 0.302 e. The van der Waals surface area contributed by atoms with Crippen molar-refractivity contribution in [1.82, 2.24) is 9.97 Å². The minimum absolute atomic E-state index is 0.0160. The molecule has 1 aromatic heterocycles. The smallest absolute Gasteiger partial charge is 0.302 e. The molecule has 1 atom stereocenters. The van der Waals surface area contributed by atoms with Crippen LogP contribution in [0.5, 0.6) is 0 Å². The van der Waals surface area contributed by atoms with Crippen LogP contribution in [0.2, 0.25) is 0 Å². The van der Waals surface area contributed by atoms with Crippen molar-refractivity contribution >= 4 is 27.9 Å². The van der Waals surface area contributed by atoms with Crippen LogP contribution in [-0.4, -0.2) is 36.6 Å². The van der Waals surface area contributed by atoms with Crippen LogP contribution >= 0.6 is 0 Å². The van der Waals surface area contributed by atoms with Crippen molar-refractivity contribution in [2.24, 2.45) is 5.92 Å². The summed E-state index contributed by atoms with van der Waals surface area (Å²) in [6.07, 6.45) is -0.114. The highest BCUT2D eigenvalue weighted by Crippen LogP contribution is 2.24. The van der Waals surface area contributed by atoms with Crippen molar-refractivity contribution in [3.63, 3.8) is 0 Å². The Hall–Kier alpha value is -1.97. The van der Waals surface area contributed by atoms with Crippen molar-refractivity contribution in [2.45, 2.75) is 6.42 Å². The molecular formula is C9H11FN4O4S. The Balaban J connectivity index is 2.22. The minimum Gasteiger partial charge on any atom is -0.369 e. The summed E-state index contributed by atoms with van der Waals surface area (Å²) < 4.78 is 33.7. The lowest BCUT2D eigenvalue weighted by molar-refractivity contribution is -0.117. The first-order valence-corrected chi connectivity index (χ1v) is 6.89. The van der Waals surface area contributed by atoms with Gasteiger partial charge in [-0.2, -0.15) is 13.4 Å². The van der Waals surface area contributed by atoms with Gasteiger partial charge in [-0.15, -0.1) is 3.89 Å². The number of hydrogen-bond donors (Lipinski definition) is 2. The summed E-state index contributed by atoms with van der Waals surface area (Å²) in [6.45, 7) is -0.0160. The highest BCUT2D eigenvalue weighted by Gasteiger charge is 2.34. The molecular weight excluding hydrogens is 279 g/mol. The molecule has 0 radical (unpaired) electrons. The Labute approximate surface area is 107 Å². The summed E-state index contributed by atoms with van der Waals surface area (Å²) in [5, 5.41) is 0. The summed E-state index contributed by atoms with van der Waals surface area (Å²) in [5.41, 5.74) is 4.82. The zero-order valence-corrected chi connectivity index (χ0v) is 10.5. The molecule has 2 rings (SSSR count). The standard InChI is InChI=1S/C9H11FN4O4S/c10-19(17,18)4-5-1-8(16)14(3-5)6-2-7(15)13-9(11)12-6/h2,5H,1,3-4H2,(H3,11,12,13,15). The lowest BCUT2D eigenvalue weighted by Gasteiger charge is -2.14. The summed E-state index contributed by atoms with van der Waals surface area (Å²) >= 11 is 0. The van der Waals surface area contributed by atoms with Gasteiger partial charge in [0.05, 0.1) is 5.75 Å². The number of carbonyl (C=O) groups is 1. The first-order valence-electron chi connectivity index (χ1n) is 5.34. The number of carbonyl (C=O) groups excluding carboxylic acids is 1. The van der Waals surface area contributed by atoms with E-state index in [1.165, 1.54) is 0 Å². The molecule has 3 N–H and O–H groups in total. The van der Waals surface area contributed by atoms with Crippen LogP contribution in [0.3, 0.4) is 0 Å². The quantitative estimate of drug-likeness (QED) is 0.688. The zero-order valence-electron chi connectivity index (χ0n) is 9.67. The molecule has 0 saturated carbocycles. The summed E-state index contributed by atoms with van der Waals surface area (Å²) in [7, 11) is -4.64. The molecule has 1 fully saturated rings. The number of nitrogens with one attached hydrogen (secondary N) is 1. The minimum atomic E-state index is -4.64. The van der Waals surface area contributed by atoms with Crippen molar-refractivity contribution in [3.8, 4) is 0 Å². The van der Waals surface area contributed by atoms with Crippen molar-refractivity contribution in [3.05, 3.63) is 16.4 Å². The van der Waals surface area contributed by atoms with Gasteiger partial charge in [0.15, 0.2) is 0 Å². The van der Waals surface area contributed by atoms with E-state index in [0.717, 1.165) is 11.0 Å². The molecule has 1 aliphatic rings. The molecule has 0 aliphatic carbocycles. The van der Waals surface area contributed by atoms with E-state index in [2.05, 4.69) is 9.97 Å². The molecule has 0 bridgehead atoms. The van der Waals surface area contributed by atoms with Crippen LogP contribution in [0.1, 0.15) is 6.42 Å². The molecule has 8 nitrogen and oxygen atoms in total. The third-order valence-electron chi connectivity index (χ3n) is 2.66. The SMILES string of the molecule is Nc1nc(N2CC(CS(=O)(=O)F)CC2=O)cc(=O)[nH]1.